The van der Waals surface area contributed by atoms with E-state index in [0.29, 0.717) is 5.02 Å². The Labute approximate surface area is 99.4 Å². The quantitative estimate of drug-likeness (QED) is 0.853. The SMILES string of the molecule is C[C@@H](NS(=O)(=O)CCl)c1ccc(Cl)cc1. The first-order valence-electron chi connectivity index (χ1n) is 4.26. The maximum Gasteiger partial charge on any atom is 0.226 e. The molecule has 84 valence electrons. The number of halogens is 2. The van der Waals surface area contributed by atoms with Crippen molar-refractivity contribution in [1.29, 1.82) is 0 Å². The summed E-state index contributed by atoms with van der Waals surface area (Å²) in [5.74, 6) is 0. The molecule has 0 spiro atoms. The predicted octanol–water partition coefficient (Wildman–Crippen LogP) is 2.52. The van der Waals surface area contributed by atoms with Crippen LogP contribution in [0.3, 0.4) is 0 Å². The van der Waals surface area contributed by atoms with Crippen LogP contribution in [0.4, 0.5) is 0 Å². The van der Waals surface area contributed by atoms with E-state index in [1.807, 2.05) is 0 Å². The van der Waals surface area contributed by atoms with Gasteiger partial charge in [0.25, 0.3) is 0 Å². The molecule has 0 fully saturated rings. The molecular weight excluding hydrogens is 257 g/mol. The molecule has 3 nitrogen and oxygen atoms in total. The van der Waals surface area contributed by atoms with E-state index < -0.39 is 15.2 Å². The molecule has 0 aliphatic rings. The lowest BCUT2D eigenvalue weighted by molar-refractivity contribution is 0.571. The molecule has 0 aliphatic carbocycles. The lowest BCUT2D eigenvalue weighted by Gasteiger charge is -2.13. The van der Waals surface area contributed by atoms with Gasteiger partial charge in [-0.3, -0.25) is 0 Å². The Morgan fingerprint density at radius 2 is 1.87 bits per heavy atom. The van der Waals surface area contributed by atoms with Gasteiger partial charge in [0, 0.05) is 11.1 Å². The summed E-state index contributed by atoms with van der Waals surface area (Å²) in [5.41, 5.74) is 0.841. The van der Waals surface area contributed by atoms with Gasteiger partial charge in [-0.25, -0.2) is 13.1 Å². The highest BCUT2D eigenvalue weighted by atomic mass is 35.5. The lowest BCUT2D eigenvalue weighted by Crippen LogP contribution is -2.27. The van der Waals surface area contributed by atoms with Crippen molar-refractivity contribution in [3.8, 4) is 0 Å². The molecule has 0 heterocycles. The van der Waals surface area contributed by atoms with Crippen molar-refractivity contribution in [2.45, 2.75) is 13.0 Å². The van der Waals surface area contributed by atoms with Crippen LogP contribution in [0.25, 0.3) is 0 Å². The van der Waals surface area contributed by atoms with E-state index in [-0.39, 0.29) is 6.04 Å². The van der Waals surface area contributed by atoms with Gasteiger partial charge in [-0.05, 0) is 24.6 Å². The van der Waals surface area contributed by atoms with Crippen LogP contribution in [0.15, 0.2) is 24.3 Å². The smallest absolute Gasteiger partial charge is 0.211 e. The van der Waals surface area contributed by atoms with Crippen LogP contribution >= 0.6 is 23.2 Å². The fourth-order valence-electron chi connectivity index (χ4n) is 1.12. The third-order valence-corrected chi connectivity index (χ3v) is 3.98. The van der Waals surface area contributed by atoms with E-state index in [0.717, 1.165) is 5.56 Å². The van der Waals surface area contributed by atoms with Crippen LogP contribution in [0, 0.1) is 0 Å². The molecule has 6 heteroatoms. The fourth-order valence-corrected chi connectivity index (χ4v) is 2.17. The van der Waals surface area contributed by atoms with Gasteiger partial charge >= 0.3 is 0 Å². The van der Waals surface area contributed by atoms with Gasteiger partial charge in [-0.2, -0.15) is 0 Å². The number of hydrogen-bond acceptors (Lipinski definition) is 2. The maximum atomic E-state index is 11.2. The van der Waals surface area contributed by atoms with Crippen LogP contribution in [0.1, 0.15) is 18.5 Å². The second-order valence-electron chi connectivity index (χ2n) is 3.11. The van der Waals surface area contributed by atoms with Crippen molar-refractivity contribution in [1.82, 2.24) is 4.72 Å². The van der Waals surface area contributed by atoms with E-state index in [2.05, 4.69) is 4.72 Å². The van der Waals surface area contributed by atoms with Crippen LogP contribution in [-0.2, 0) is 10.0 Å². The number of alkyl halides is 1. The first kappa shape index (κ1) is 12.8. The Bertz CT molecular complexity index is 416. The molecule has 0 bridgehead atoms. The molecule has 0 saturated carbocycles. The molecule has 0 unspecified atom stereocenters. The van der Waals surface area contributed by atoms with Gasteiger partial charge in [0.1, 0.15) is 5.21 Å². The Kier molecular flexibility index (Phi) is 4.40. The molecule has 1 N–H and O–H groups in total. The fraction of sp³-hybridized carbons (Fsp3) is 0.333. The Morgan fingerprint density at radius 3 is 2.33 bits per heavy atom. The Hall–Kier alpha value is -0.290. The van der Waals surface area contributed by atoms with Crippen LogP contribution in [0.2, 0.25) is 5.02 Å². The molecule has 15 heavy (non-hydrogen) atoms. The highest BCUT2D eigenvalue weighted by Gasteiger charge is 2.13. The second-order valence-corrected chi connectivity index (χ2v) is 5.89. The van der Waals surface area contributed by atoms with E-state index >= 15 is 0 Å². The van der Waals surface area contributed by atoms with Gasteiger partial charge in [0.2, 0.25) is 10.0 Å². The molecule has 1 aromatic rings. The predicted molar refractivity (Wildman–Crippen MR) is 62.6 cm³/mol. The van der Waals surface area contributed by atoms with Crippen LogP contribution in [-0.4, -0.2) is 13.6 Å². The van der Waals surface area contributed by atoms with E-state index in [1.165, 1.54) is 0 Å². The van der Waals surface area contributed by atoms with E-state index in [4.69, 9.17) is 23.2 Å². The zero-order valence-corrected chi connectivity index (χ0v) is 10.4. The summed E-state index contributed by atoms with van der Waals surface area (Å²) in [6.45, 7) is 1.74. The van der Waals surface area contributed by atoms with Crippen LogP contribution in [0.5, 0.6) is 0 Å². The zero-order chi connectivity index (χ0) is 11.5. The van der Waals surface area contributed by atoms with Gasteiger partial charge < -0.3 is 0 Å². The van der Waals surface area contributed by atoms with Gasteiger partial charge in [0.15, 0.2) is 0 Å². The third kappa shape index (κ3) is 3.99. The summed E-state index contributed by atoms with van der Waals surface area (Å²) in [6, 6.07) is 6.64. The third-order valence-electron chi connectivity index (χ3n) is 1.87. The Morgan fingerprint density at radius 1 is 1.33 bits per heavy atom. The molecule has 0 amide bonds. The zero-order valence-electron chi connectivity index (χ0n) is 8.07. The molecule has 0 radical (unpaired) electrons. The van der Waals surface area contributed by atoms with Crippen molar-refractivity contribution in [2.24, 2.45) is 0 Å². The molecule has 0 aliphatic heterocycles. The number of hydrogen-bond donors (Lipinski definition) is 1. The van der Waals surface area contributed by atoms with E-state index in [9.17, 15) is 8.42 Å². The number of benzene rings is 1. The van der Waals surface area contributed by atoms with Crippen LogP contribution < -0.4 is 4.72 Å². The first-order chi connectivity index (χ1) is 6.94. The standard InChI is InChI=1S/C9H11Cl2NO2S/c1-7(12-15(13,14)6-10)8-2-4-9(11)5-3-8/h2-5,7,12H,6H2,1H3/t7-/m1/s1. The average Bonchev–Trinajstić information content (AvgIpc) is 2.18. The minimum Gasteiger partial charge on any atom is -0.211 e. The lowest BCUT2D eigenvalue weighted by atomic mass is 10.1. The van der Waals surface area contributed by atoms with Gasteiger partial charge in [-0.1, -0.05) is 23.7 Å². The highest BCUT2D eigenvalue weighted by Crippen LogP contribution is 2.16. The van der Waals surface area contributed by atoms with Gasteiger partial charge in [-0.15, -0.1) is 11.6 Å². The highest BCUT2D eigenvalue weighted by molar-refractivity contribution is 7.90. The maximum absolute atomic E-state index is 11.2. The Balaban J connectivity index is 2.78. The molecule has 1 rings (SSSR count). The topological polar surface area (TPSA) is 46.2 Å². The van der Waals surface area contributed by atoms with Crippen molar-refractivity contribution in [3.05, 3.63) is 34.9 Å². The number of sulfonamides is 1. The van der Waals surface area contributed by atoms with Crippen molar-refractivity contribution in [2.75, 3.05) is 5.21 Å². The van der Waals surface area contributed by atoms with E-state index in [1.54, 1.807) is 31.2 Å². The number of rotatable bonds is 4. The largest absolute Gasteiger partial charge is 0.226 e. The summed E-state index contributed by atoms with van der Waals surface area (Å²) >= 11 is 11.0. The summed E-state index contributed by atoms with van der Waals surface area (Å²) in [4.78, 5) is 0. The average molecular weight is 268 g/mol. The molecule has 0 aromatic heterocycles. The minimum atomic E-state index is -3.39. The molecule has 1 atom stereocenters. The summed E-state index contributed by atoms with van der Waals surface area (Å²) in [6.07, 6.45) is 0. The number of nitrogens with one attached hydrogen (secondary N) is 1. The summed E-state index contributed by atoms with van der Waals surface area (Å²) < 4.78 is 24.8. The summed E-state index contributed by atoms with van der Waals surface area (Å²) in [7, 11) is -3.39. The second kappa shape index (κ2) is 5.16. The molecule has 1 aromatic carbocycles. The summed E-state index contributed by atoms with van der Waals surface area (Å²) in [5, 5.41) is 0.177. The normalized spacial score (nSPS) is 13.8. The molecular formula is C9H11Cl2NO2S. The monoisotopic (exact) mass is 267 g/mol. The van der Waals surface area contributed by atoms with Crippen molar-refractivity contribution in [3.63, 3.8) is 0 Å². The molecule has 0 saturated heterocycles. The van der Waals surface area contributed by atoms with Gasteiger partial charge in [0.05, 0.1) is 0 Å². The minimum absolute atomic E-state index is 0.314. The first-order valence-corrected chi connectivity index (χ1v) is 6.82. The van der Waals surface area contributed by atoms with Crippen molar-refractivity contribution >= 4 is 33.2 Å². The van der Waals surface area contributed by atoms with Crippen molar-refractivity contribution < 1.29 is 8.42 Å².